The monoisotopic (exact) mass is 242 g/mol. The number of nitrogens with zero attached hydrogens (tertiary/aromatic N) is 3. The summed E-state index contributed by atoms with van der Waals surface area (Å²) in [4.78, 5) is 10.8. The summed E-state index contributed by atoms with van der Waals surface area (Å²) in [7, 11) is 1.96. The molecule has 0 aliphatic heterocycles. The fourth-order valence-corrected chi connectivity index (χ4v) is 1.79. The van der Waals surface area contributed by atoms with E-state index in [0.717, 1.165) is 16.9 Å². The van der Waals surface area contributed by atoms with Gasteiger partial charge in [-0.15, -0.1) is 0 Å². The molecule has 1 heterocycles. The number of hydrogen-bond acceptors (Lipinski definition) is 4. The Hall–Kier alpha value is -1.94. The first-order chi connectivity index (χ1) is 8.61. The van der Waals surface area contributed by atoms with Crippen molar-refractivity contribution in [3.8, 4) is 0 Å². The summed E-state index contributed by atoms with van der Waals surface area (Å²) in [5.41, 5.74) is 9.83. The van der Waals surface area contributed by atoms with Gasteiger partial charge in [0.1, 0.15) is 0 Å². The van der Waals surface area contributed by atoms with E-state index in [4.69, 9.17) is 5.73 Å². The quantitative estimate of drug-likeness (QED) is 0.897. The molecule has 1 aromatic carbocycles. The van der Waals surface area contributed by atoms with E-state index in [-0.39, 0.29) is 0 Å². The smallest absolute Gasteiger partial charge is 0.229 e. The summed E-state index contributed by atoms with van der Waals surface area (Å²) in [5, 5.41) is 0. The van der Waals surface area contributed by atoms with Gasteiger partial charge in [0.2, 0.25) is 5.95 Å². The topological polar surface area (TPSA) is 55.0 Å². The lowest BCUT2D eigenvalue weighted by Crippen LogP contribution is -2.15. The Balaban J connectivity index is 2.34. The van der Waals surface area contributed by atoms with Crippen LogP contribution in [0.3, 0.4) is 0 Å². The number of anilines is 2. The lowest BCUT2D eigenvalue weighted by atomic mass is 10.2. The molecule has 94 valence electrons. The van der Waals surface area contributed by atoms with Gasteiger partial charge in [-0.1, -0.05) is 12.1 Å². The van der Waals surface area contributed by atoms with Crippen LogP contribution in [-0.2, 0) is 6.54 Å². The maximum Gasteiger partial charge on any atom is 0.229 e. The summed E-state index contributed by atoms with van der Waals surface area (Å²) in [5.74, 6) is 0.690. The van der Waals surface area contributed by atoms with Gasteiger partial charge in [0, 0.05) is 36.7 Å². The van der Waals surface area contributed by atoms with E-state index in [2.05, 4.69) is 29.0 Å². The molecule has 0 radical (unpaired) electrons. The predicted octanol–water partition coefficient (Wildman–Crippen LogP) is 2.32. The van der Waals surface area contributed by atoms with Crippen LogP contribution in [0, 0.1) is 13.8 Å². The minimum atomic E-state index is 0.472. The molecule has 0 aliphatic carbocycles. The zero-order chi connectivity index (χ0) is 13.1. The predicted molar refractivity (Wildman–Crippen MR) is 73.9 cm³/mol. The molecule has 1 aromatic heterocycles. The highest BCUT2D eigenvalue weighted by Crippen LogP contribution is 2.21. The molecule has 0 unspecified atom stereocenters. The number of benzene rings is 1. The van der Waals surface area contributed by atoms with Gasteiger partial charge in [0.15, 0.2) is 0 Å². The molecular formula is C14H18N4. The van der Waals surface area contributed by atoms with Crippen LogP contribution in [0.15, 0.2) is 30.5 Å². The van der Waals surface area contributed by atoms with Gasteiger partial charge in [-0.2, -0.15) is 0 Å². The van der Waals surface area contributed by atoms with Crippen molar-refractivity contribution in [2.75, 3.05) is 11.9 Å². The van der Waals surface area contributed by atoms with Gasteiger partial charge in [-0.05, 0) is 31.5 Å². The zero-order valence-corrected chi connectivity index (χ0v) is 11.0. The van der Waals surface area contributed by atoms with Crippen molar-refractivity contribution < 1.29 is 0 Å². The van der Waals surface area contributed by atoms with Crippen molar-refractivity contribution in [2.24, 2.45) is 5.73 Å². The Morgan fingerprint density at radius 3 is 2.67 bits per heavy atom. The maximum atomic E-state index is 5.61. The highest BCUT2D eigenvalue weighted by atomic mass is 15.2. The van der Waals surface area contributed by atoms with Crippen molar-refractivity contribution >= 4 is 11.6 Å². The average molecular weight is 242 g/mol. The van der Waals surface area contributed by atoms with Crippen molar-refractivity contribution in [1.82, 2.24) is 9.97 Å². The molecule has 4 nitrogen and oxygen atoms in total. The Kier molecular flexibility index (Phi) is 3.58. The first-order valence-corrected chi connectivity index (χ1v) is 5.95. The third kappa shape index (κ3) is 2.49. The average Bonchev–Trinajstić information content (AvgIpc) is 2.37. The van der Waals surface area contributed by atoms with Crippen molar-refractivity contribution in [3.05, 3.63) is 47.3 Å². The van der Waals surface area contributed by atoms with Gasteiger partial charge in [0.05, 0.1) is 0 Å². The molecule has 0 amide bonds. The van der Waals surface area contributed by atoms with E-state index in [1.54, 1.807) is 6.20 Å². The van der Waals surface area contributed by atoms with E-state index in [1.165, 1.54) is 5.56 Å². The molecule has 0 bridgehead atoms. The Bertz CT molecular complexity index is 551. The standard InChI is InChI=1S/C14H18N4/c1-10-5-4-6-13(7-10)18(3)14-16-9-12(8-15)11(2)17-14/h4-7,9H,8,15H2,1-3H3. The number of rotatable bonds is 3. The molecule has 2 rings (SSSR count). The van der Waals surface area contributed by atoms with E-state index in [0.29, 0.717) is 12.5 Å². The Morgan fingerprint density at radius 1 is 1.28 bits per heavy atom. The van der Waals surface area contributed by atoms with Crippen LogP contribution < -0.4 is 10.6 Å². The minimum Gasteiger partial charge on any atom is -0.326 e. The molecule has 2 N–H and O–H groups in total. The molecule has 0 fully saturated rings. The lowest BCUT2D eigenvalue weighted by Gasteiger charge is -2.18. The molecule has 0 saturated carbocycles. The van der Waals surface area contributed by atoms with Gasteiger partial charge < -0.3 is 10.6 Å². The summed E-state index contributed by atoms with van der Waals surface area (Å²) >= 11 is 0. The van der Waals surface area contributed by atoms with Gasteiger partial charge in [0.25, 0.3) is 0 Å². The summed E-state index contributed by atoms with van der Waals surface area (Å²) in [6.45, 7) is 4.50. The van der Waals surface area contributed by atoms with Crippen LogP contribution in [0.4, 0.5) is 11.6 Å². The number of hydrogen-bond donors (Lipinski definition) is 1. The van der Waals surface area contributed by atoms with Crippen LogP contribution in [0.5, 0.6) is 0 Å². The lowest BCUT2D eigenvalue weighted by molar-refractivity contribution is 0.942. The van der Waals surface area contributed by atoms with Crippen LogP contribution in [0.1, 0.15) is 16.8 Å². The van der Waals surface area contributed by atoms with Gasteiger partial charge in [-0.3, -0.25) is 0 Å². The minimum absolute atomic E-state index is 0.472. The van der Waals surface area contributed by atoms with Crippen LogP contribution in [0.25, 0.3) is 0 Å². The SMILES string of the molecule is Cc1cccc(N(C)c2ncc(CN)c(C)n2)c1. The van der Waals surface area contributed by atoms with E-state index >= 15 is 0 Å². The molecule has 4 heteroatoms. The molecule has 18 heavy (non-hydrogen) atoms. The van der Waals surface area contributed by atoms with Crippen LogP contribution in [0.2, 0.25) is 0 Å². The maximum absolute atomic E-state index is 5.61. The van der Waals surface area contributed by atoms with Crippen LogP contribution in [-0.4, -0.2) is 17.0 Å². The third-order valence-corrected chi connectivity index (χ3v) is 2.98. The molecule has 0 saturated heterocycles. The first kappa shape index (κ1) is 12.5. The van der Waals surface area contributed by atoms with E-state index in [1.807, 2.05) is 31.0 Å². The molecule has 2 aromatic rings. The second-order valence-electron chi connectivity index (χ2n) is 4.38. The molecule has 0 atom stereocenters. The number of aryl methyl sites for hydroxylation is 2. The van der Waals surface area contributed by atoms with E-state index in [9.17, 15) is 0 Å². The van der Waals surface area contributed by atoms with E-state index < -0.39 is 0 Å². The largest absolute Gasteiger partial charge is 0.326 e. The van der Waals surface area contributed by atoms with Gasteiger partial charge in [-0.25, -0.2) is 9.97 Å². The first-order valence-electron chi connectivity index (χ1n) is 5.95. The highest BCUT2D eigenvalue weighted by molar-refractivity contribution is 5.57. The molecule has 0 aliphatic rings. The Labute approximate surface area is 107 Å². The third-order valence-electron chi connectivity index (χ3n) is 2.98. The fourth-order valence-electron chi connectivity index (χ4n) is 1.79. The zero-order valence-electron chi connectivity index (χ0n) is 11.0. The van der Waals surface area contributed by atoms with Crippen LogP contribution >= 0.6 is 0 Å². The van der Waals surface area contributed by atoms with Crippen molar-refractivity contribution in [1.29, 1.82) is 0 Å². The van der Waals surface area contributed by atoms with Crippen molar-refractivity contribution in [3.63, 3.8) is 0 Å². The molecule has 0 spiro atoms. The second kappa shape index (κ2) is 5.14. The summed E-state index contributed by atoms with van der Waals surface area (Å²) in [6, 6.07) is 8.25. The number of nitrogens with two attached hydrogens (primary N) is 1. The summed E-state index contributed by atoms with van der Waals surface area (Å²) in [6.07, 6.45) is 1.80. The number of aromatic nitrogens is 2. The van der Waals surface area contributed by atoms with Gasteiger partial charge >= 0.3 is 0 Å². The summed E-state index contributed by atoms with van der Waals surface area (Å²) < 4.78 is 0. The Morgan fingerprint density at radius 2 is 2.06 bits per heavy atom. The molecular weight excluding hydrogens is 224 g/mol. The fraction of sp³-hybridized carbons (Fsp3) is 0.286. The highest BCUT2D eigenvalue weighted by Gasteiger charge is 2.08. The van der Waals surface area contributed by atoms with Crippen molar-refractivity contribution in [2.45, 2.75) is 20.4 Å². The normalized spacial score (nSPS) is 10.4. The second-order valence-corrected chi connectivity index (χ2v) is 4.38.